The molecular formula is C23H22FN7O3S3. The summed E-state index contributed by atoms with van der Waals surface area (Å²) in [7, 11) is 1.49. The van der Waals surface area contributed by atoms with Crippen molar-refractivity contribution in [3.05, 3.63) is 65.7 Å². The van der Waals surface area contributed by atoms with E-state index >= 15 is 0 Å². The summed E-state index contributed by atoms with van der Waals surface area (Å²) in [4.78, 5) is 25.3. The zero-order valence-electron chi connectivity index (χ0n) is 19.8. The highest BCUT2D eigenvalue weighted by Gasteiger charge is 2.19. The number of para-hydroxylation sites is 1. The summed E-state index contributed by atoms with van der Waals surface area (Å²) >= 11 is 4.00. The predicted molar refractivity (Wildman–Crippen MR) is 141 cm³/mol. The first-order valence-electron chi connectivity index (χ1n) is 11.0. The van der Waals surface area contributed by atoms with Crippen molar-refractivity contribution in [2.75, 3.05) is 23.9 Å². The third-order valence-electron chi connectivity index (χ3n) is 4.80. The maximum atomic E-state index is 13.6. The minimum atomic E-state index is -0.394. The van der Waals surface area contributed by atoms with Gasteiger partial charge >= 0.3 is 0 Å². The van der Waals surface area contributed by atoms with Gasteiger partial charge in [-0.1, -0.05) is 53.9 Å². The van der Waals surface area contributed by atoms with E-state index in [0.29, 0.717) is 33.1 Å². The maximum absolute atomic E-state index is 13.6. The molecule has 0 fully saturated rings. The molecule has 0 aliphatic heterocycles. The lowest BCUT2D eigenvalue weighted by atomic mass is 10.2. The fourth-order valence-corrected chi connectivity index (χ4v) is 5.61. The molecule has 2 aromatic carbocycles. The third kappa shape index (κ3) is 6.84. The Kier molecular flexibility index (Phi) is 9.09. The van der Waals surface area contributed by atoms with E-state index in [-0.39, 0.29) is 24.1 Å². The van der Waals surface area contributed by atoms with Crippen molar-refractivity contribution in [1.29, 1.82) is 0 Å². The molecule has 0 bridgehead atoms. The summed E-state index contributed by atoms with van der Waals surface area (Å²) < 4.78 is 21.3. The van der Waals surface area contributed by atoms with E-state index < -0.39 is 5.82 Å². The number of carbonyl (C=O) groups excluding carboxylic acids is 2. The van der Waals surface area contributed by atoms with Crippen molar-refractivity contribution in [1.82, 2.24) is 30.3 Å². The first-order valence-corrected chi connectivity index (χ1v) is 13.8. The molecule has 2 aromatic heterocycles. The van der Waals surface area contributed by atoms with E-state index in [2.05, 4.69) is 31.0 Å². The molecule has 0 aliphatic rings. The highest BCUT2D eigenvalue weighted by Crippen LogP contribution is 2.26. The summed E-state index contributed by atoms with van der Waals surface area (Å²) in [5, 5.41) is 22.8. The van der Waals surface area contributed by atoms with Gasteiger partial charge in [-0.2, -0.15) is 0 Å². The van der Waals surface area contributed by atoms with Crippen LogP contribution in [-0.4, -0.2) is 55.4 Å². The largest absolute Gasteiger partial charge is 0.496 e. The summed E-state index contributed by atoms with van der Waals surface area (Å²) in [5.74, 6) is 0.712. The topological polar surface area (TPSA) is 124 Å². The van der Waals surface area contributed by atoms with Crippen LogP contribution in [0.25, 0.3) is 5.69 Å². The molecule has 2 heterocycles. The molecule has 0 atom stereocenters. The van der Waals surface area contributed by atoms with Crippen molar-refractivity contribution >= 4 is 51.8 Å². The molecule has 2 N–H and O–H groups in total. The van der Waals surface area contributed by atoms with Gasteiger partial charge in [-0.25, -0.2) is 4.39 Å². The first-order chi connectivity index (χ1) is 18.0. The number of nitrogens with zero attached hydrogens (tertiary/aromatic N) is 5. The van der Waals surface area contributed by atoms with E-state index in [9.17, 15) is 14.0 Å². The summed E-state index contributed by atoms with van der Waals surface area (Å²) in [6.45, 7) is 2.05. The summed E-state index contributed by atoms with van der Waals surface area (Å²) in [6.07, 6.45) is 0. The average Bonchev–Trinajstić information content (AvgIpc) is 3.53. The second-order valence-electron chi connectivity index (χ2n) is 7.24. The Labute approximate surface area is 224 Å². The van der Waals surface area contributed by atoms with Gasteiger partial charge in [0.05, 0.1) is 25.0 Å². The monoisotopic (exact) mass is 559 g/mol. The van der Waals surface area contributed by atoms with Crippen LogP contribution >= 0.6 is 34.9 Å². The van der Waals surface area contributed by atoms with E-state index in [1.54, 1.807) is 52.7 Å². The molecule has 0 spiro atoms. The number of hydrogen-bond donors (Lipinski definition) is 2. The predicted octanol–water partition coefficient (Wildman–Crippen LogP) is 4.04. The lowest BCUT2D eigenvalue weighted by molar-refractivity contribution is -0.113. The Bertz CT molecular complexity index is 1380. The number of benzene rings is 2. The molecule has 0 aliphatic carbocycles. The van der Waals surface area contributed by atoms with Crippen LogP contribution in [0, 0.1) is 5.82 Å². The molecular weight excluding hydrogens is 537 g/mol. The van der Waals surface area contributed by atoms with Gasteiger partial charge in [0.25, 0.3) is 5.91 Å². The van der Waals surface area contributed by atoms with Gasteiger partial charge in [-0.05, 0) is 42.2 Å². The molecule has 2 amide bonds. The number of methoxy groups -OCH3 is 1. The Morgan fingerprint density at radius 3 is 2.59 bits per heavy atom. The van der Waals surface area contributed by atoms with Gasteiger partial charge in [-0.3, -0.25) is 19.5 Å². The number of halogens is 1. The lowest BCUT2D eigenvalue weighted by Gasteiger charge is -2.12. The molecule has 0 saturated carbocycles. The normalized spacial score (nSPS) is 10.8. The molecule has 14 heteroatoms. The Morgan fingerprint density at radius 1 is 1.05 bits per heavy atom. The van der Waals surface area contributed by atoms with Crippen molar-refractivity contribution in [2.24, 2.45) is 0 Å². The average molecular weight is 560 g/mol. The molecule has 4 aromatic rings. The number of aromatic nitrogens is 5. The number of amides is 2. The van der Waals surface area contributed by atoms with Crippen LogP contribution in [0.1, 0.15) is 23.1 Å². The van der Waals surface area contributed by atoms with Crippen LogP contribution in [0.4, 0.5) is 9.52 Å². The Morgan fingerprint density at radius 2 is 1.84 bits per heavy atom. The Hall–Kier alpha value is -3.49. The van der Waals surface area contributed by atoms with E-state index in [1.165, 1.54) is 30.6 Å². The van der Waals surface area contributed by atoms with Crippen LogP contribution in [0.5, 0.6) is 5.75 Å². The number of carbonyl (C=O) groups is 2. The SMILES string of the molecule is CCSc1nnc(NC(=O)CSc2nnc(CNC(=O)c3ccccc3OC)n2-c2ccc(F)cc2)s1. The van der Waals surface area contributed by atoms with Crippen LogP contribution < -0.4 is 15.4 Å². The standard InChI is InChI=1S/C23H22FN7O3S3/c1-3-35-23-30-28-21(37-23)26-19(32)13-36-22-29-27-18(31(22)15-10-8-14(24)9-11-15)12-25-20(33)16-6-4-5-7-17(16)34-2/h4-11H,3,12-13H2,1-2H3,(H,25,33)(H,26,28,32). The van der Waals surface area contributed by atoms with Gasteiger partial charge in [0, 0.05) is 5.69 Å². The number of anilines is 1. The number of thioether (sulfide) groups is 2. The number of rotatable bonds is 11. The van der Waals surface area contributed by atoms with Crippen molar-refractivity contribution < 1.29 is 18.7 Å². The molecule has 10 nitrogen and oxygen atoms in total. The minimum absolute atomic E-state index is 0.0305. The van der Waals surface area contributed by atoms with Gasteiger partial charge in [0.15, 0.2) is 15.3 Å². The van der Waals surface area contributed by atoms with Crippen LogP contribution in [0.2, 0.25) is 0 Å². The fourth-order valence-electron chi connectivity index (χ4n) is 3.17. The number of hydrogen-bond acceptors (Lipinski definition) is 10. The van der Waals surface area contributed by atoms with Crippen molar-refractivity contribution in [2.45, 2.75) is 23.0 Å². The van der Waals surface area contributed by atoms with Gasteiger partial charge in [0.1, 0.15) is 11.6 Å². The summed E-state index contributed by atoms with van der Waals surface area (Å²) in [5.41, 5.74) is 0.961. The number of nitrogens with one attached hydrogen (secondary N) is 2. The zero-order valence-corrected chi connectivity index (χ0v) is 22.3. The van der Waals surface area contributed by atoms with Crippen LogP contribution in [0.3, 0.4) is 0 Å². The summed E-state index contributed by atoms with van der Waals surface area (Å²) in [6, 6.07) is 12.6. The second kappa shape index (κ2) is 12.7. The van der Waals surface area contributed by atoms with E-state index in [0.717, 1.165) is 21.9 Å². The quantitative estimate of drug-likeness (QED) is 0.207. The molecule has 37 heavy (non-hydrogen) atoms. The van der Waals surface area contributed by atoms with Gasteiger partial charge in [-0.15, -0.1) is 20.4 Å². The van der Waals surface area contributed by atoms with Crippen LogP contribution in [-0.2, 0) is 11.3 Å². The fraction of sp³-hybridized carbons (Fsp3) is 0.217. The van der Waals surface area contributed by atoms with Crippen molar-refractivity contribution in [3.8, 4) is 11.4 Å². The van der Waals surface area contributed by atoms with E-state index in [4.69, 9.17) is 4.74 Å². The van der Waals surface area contributed by atoms with Crippen molar-refractivity contribution in [3.63, 3.8) is 0 Å². The van der Waals surface area contributed by atoms with Gasteiger partial charge in [0.2, 0.25) is 11.0 Å². The number of ether oxygens (including phenoxy) is 1. The molecule has 0 radical (unpaired) electrons. The minimum Gasteiger partial charge on any atom is -0.496 e. The molecule has 192 valence electrons. The van der Waals surface area contributed by atoms with Gasteiger partial charge < -0.3 is 10.1 Å². The lowest BCUT2D eigenvalue weighted by Crippen LogP contribution is -2.25. The highest BCUT2D eigenvalue weighted by atomic mass is 32.2. The molecule has 0 saturated heterocycles. The molecule has 0 unspecified atom stereocenters. The highest BCUT2D eigenvalue weighted by molar-refractivity contribution is 8.01. The Balaban J connectivity index is 1.48. The smallest absolute Gasteiger partial charge is 0.255 e. The zero-order chi connectivity index (χ0) is 26.2. The first kappa shape index (κ1) is 26.6. The molecule has 4 rings (SSSR count). The van der Waals surface area contributed by atoms with Crippen LogP contribution in [0.15, 0.2) is 58.0 Å². The third-order valence-corrected chi connectivity index (χ3v) is 7.58. The maximum Gasteiger partial charge on any atom is 0.255 e. The van der Waals surface area contributed by atoms with E-state index in [1.807, 2.05) is 6.92 Å². The second-order valence-corrected chi connectivity index (χ2v) is 10.7.